The molecule has 0 saturated carbocycles. The first kappa shape index (κ1) is 19.1. The van der Waals surface area contributed by atoms with Gasteiger partial charge in [-0.05, 0) is 45.0 Å². The summed E-state index contributed by atoms with van der Waals surface area (Å²) in [6.45, 7) is 6.36. The molecule has 3 heterocycles. The number of rotatable bonds is 5. The Kier molecular flexibility index (Phi) is 5.07. The fraction of sp³-hybridized carbons (Fsp3) is 0.227. The van der Waals surface area contributed by atoms with Crippen LogP contribution in [0.5, 0.6) is 5.75 Å². The third-order valence-corrected chi connectivity index (χ3v) is 5.75. The molecule has 1 aromatic carbocycles. The summed E-state index contributed by atoms with van der Waals surface area (Å²) in [4.78, 5) is 20.1. The number of fused-ring (bicyclic) bond motifs is 1. The number of hydrogen-bond acceptors (Lipinski definition) is 5. The molecule has 0 spiro atoms. The molecule has 0 fully saturated rings. The summed E-state index contributed by atoms with van der Waals surface area (Å²) in [7, 11) is 0. The largest absolute Gasteiger partial charge is 0.508 e. The van der Waals surface area contributed by atoms with E-state index in [0.29, 0.717) is 22.2 Å². The van der Waals surface area contributed by atoms with Gasteiger partial charge in [0.15, 0.2) is 5.65 Å². The number of benzene rings is 1. The van der Waals surface area contributed by atoms with Gasteiger partial charge in [-0.15, -0.1) is 11.3 Å². The quantitative estimate of drug-likeness (QED) is 0.504. The van der Waals surface area contributed by atoms with E-state index in [9.17, 15) is 9.90 Å². The summed E-state index contributed by atoms with van der Waals surface area (Å²) in [6.07, 6.45) is 1.70. The number of nitrogens with zero attached hydrogens (tertiary/aromatic N) is 3. The van der Waals surface area contributed by atoms with Crippen molar-refractivity contribution in [3.8, 4) is 16.3 Å². The molecule has 0 bridgehead atoms. The Hall–Kier alpha value is -3.19. The Labute approximate surface area is 172 Å². The van der Waals surface area contributed by atoms with E-state index in [4.69, 9.17) is 4.98 Å². The highest BCUT2D eigenvalue weighted by molar-refractivity contribution is 7.15. The highest BCUT2D eigenvalue weighted by Gasteiger charge is 2.19. The van der Waals surface area contributed by atoms with Crippen LogP contribution in [-0.2, 0) is 6.54 Å². The number of aromatic nitrogens is 3. The average molecular weight is 407 g/mol. The second-order valence-electron chi connectivity index (χ2n) is 7.20. The molecule has 0 aliphatic carbocycles. The molecule has 4 rings (SSSR count). The van der Waals surface area contributed by atoms with Gasteiger partial charge in [-0.2, -0.15) is 5.10 Å². The van der Waals surface area contributed by atoms with Crippen molar-refractivity contribution in [1.82, 2.24) is 20.1 Å². The molecule has 1 amide bonds. The molecule has 0 saturated heterocycles. The van der Waals surface area contributed by atoms with Gasteiger partial charge in [0.05, 0.1) is 27.7 Å². The van der Waals surface area contributed by atoms with Gasteiger partial charge in [-0.3, -0.25) is 4.79 Å². The SMILES string of the molecule is Cc1ccc(-c2cc(C(=O)NCc3ccccc3O)c3cnn(C(C)C)c3n2)s1. The first-order valence-electron chi connectivity index (χ1n) is 9.44. The monoisotopic (exact) mass is 406 g/mol. The van der Waals surface area contributed by atoms with E-state index in [1.165, 1.54) is 4.88 Å². The van der Waals surface area contributed by atoms with Crippen molar-refractivity contribution < 1.29 is 9.90 Å². The van der Waals surface area contributed by atoms with Crippen molar-refractivity contribution in [2.24, 2.45) is 0 Å². The lowest BCUT2D eigenvalue weighted by atomic mass is 10.1. The van der Waals surface area contributed by atoms with Crippen LogP contribution >= 0.6 is 11.3 Å². The minimum atomic E-state index is -0.224. The van der Waals surface area contributed by atoms with Crippen molar-refractivity contribution in [3.05, 3.63) is 64.7 Å². The Morgan fingerprint density at radius 3 is 2.72 bits per heavy atom. The minimum absolute atomic E-state index is 0.123. The van der Waals surface area contributed by atoms with E-state index in [0.717, 1.165) is 10.6 Å². The van der Waals surface area contributed by atoms with Crippen LogP contribution in [0.25, 0.3) is 21.6 Å². The molecule has 148 valence electrons. The predicted octanol–water partition coefficient (Wildman–Crippen LogP) is 4.68. The van der Waals surface area contributed by atoms with Crippen LogP contribution in [0.1, 0.15) is 40.7 Å². The normalized spacial score (nSPS) is 11.3. The number of aryl methyl sites for hydroxylation is 1. The van der Waals surface area contributed by atoms with Crippen LogP contribution < -0.4 is 5.32 Å². The zero-order chi connectivity index (χ0) is 20.5. The van der Waals surface area contributed by atoms with Gasteiger partial charge in [0.25, 0.3) is 5.91 Å². The zero-order valence-electron chi connectivity index (χ0n) is 16.5. The molecule has 0 aliphatic rings. The first-order valence-corrected chi connectivity index (χ1v) is 10.3. The summed E-state index contributed by atoms with van der Waals surface area (Å²) in [5.41, 5.74) is 2.64. The predicted molar refractivity (Wildman–Crippen MR) is 115 cm³/mol. The molecule has 0 unspecified atom stereocenters. The summed E-state index contributed by atoms with van der Waals surface area (Å²) in [5.74, 6) is -0.0615. The van der Waals surface area contributed by atoms with Gasteiger partial charge in [-0.25, -0.2) is 9.67 Å². The summed E-state index contributed by atoms with van der Waals surface area (Å²) >= 11 is 1.64. The summed E-state index contributed by atoms with van der Waals surface area (Å²) in [5, 5.41) is 18.0. The Balaban J connectivity index is 1.75. The lowest BCUT2D eigenvalue weighted by molar-refractivity contribution is 0.0952. The molecule has 0 radical (unpaired) electrons. The van der Waals surface area contributed by atoms with Crippen LogP contribution in [0.3, 0.4) is 0 Å². The molecule has 7 heteroatoms. The van der Waals surface area contributed by atoms with Gasteiger partial charge in [0.1, 0.15) is 5.75 Å². The van der Waals surface area contributed by atoms with Gasteiger partial charge in [0, 0.05) is 23.0 Å². The van der Waals surface area contributed by atoms with Crippen molar-refractivity contribution in [2.45, 2.75) is 33.4 Å². The number of hydrogen-bond donors (Lipinski definition) is 2. The third kappa shape index (κ3) is 3.73. The number of carbonyl (C=O) groups excluding carboxylic acids is 1. The lowest BCUT2D eigenvalue weighted by Crippen LogP contribution is -2.23. The number of para-hydroxylation sites is 1. The van der Waals surface area contributed by atoms with Crippen LogP contribution in [-0.4, -0.2) is 25.8 Å². The van der Waals surface area contributed by atoms with Gasteiger partial charge in [-0.1, -0.05) is 18.2 Å². The first-order chi connectivity index (χ1) is 13.9. The third-order valence-electron chi connectivity index (χ3n) is 4.72. The van der Waals surface area contributed by atoms with Crippen molar-refractivity contribution in [3.63, 3.8) is 0 Å². The highest BCUT2D eigenvalue weighted by Crippen LogP contribution is 2.30. The van der Waals surface area contributed by atoms with Crippen LogP contribution in [0.15, 0.2) is 48.7 Å². The lowest BCUT2D eigenvalue weighted by Gasteiger charge is -2.11. The fourth-order valence-electron chi connectivity index (χ4n) is 3.21. The fourth-order valence-corrected chi connectivity index (χ4v) is 4.04. The van der Waals surface area contributed by atoms with Crippen LogP contribution in [0, 0.1) is 6.92 Å². The van der Waals surface area contributed by atoms with Gasteiger partial charge >= 0.3 is 0 Å². The Morgan fingerprint density at radius 1 is 1.24 bits per heavy atom. The van der Waals surface area contributed by atoms with E-state index in [-0.39, 0.29) is 24.2 Å². The molecule has 3 aromatic heterocycles. The topological polar surface area (TPSA) is 80.0 Å². The maximum absolute atomic E-state index is 13.1. The molecular weight excluding hydrogens is 384 g/mol. The smallest absolute Gasteiger partial charge is 0.252 e. The zero-order valence-corrected chi connectivity index (χ0v) is 17.3. The number of phenolic OH excluding ortho intramolecular Hbond substituents is 1. The Morgan fingerprint density at radius 2 is 2.03 bits per heavy atom. The van der Waals surface area contributed by atoms with Crippen molar-refractivity contribution in [2.75, 3.05) is 0 Å². The molecule has 2 N–H and O–H groups in total. The summed E-state index contributed by atoms with van der Waals surface area (Å²) < 4.78 is 1.83. The molecule has 0 atom stereocenters. The van der Waals surface area contributed by atoms with Crippen LogP contribution in [0.4, 0.5) is 0 Å². The molecular formula is C22H22N4O2S. The number of pyridine rings is 1. The van der Waals surface area contributed by atoms with E-state index in [1.54, 1.807) is 35.7 Å². The number of amides is 1. The van der Waals surface area contributed by atoms with E-state index in [2.05, 4.69) is 10.4 Å². The second kappa shape index (κ2) is 7.67. The van der Waals surface area contributed by atoms with Crippen molar-refractivity contribution in [1.29, 1.82) is 0 Å². The number of nitrogens with one attached hydrogen (secondary N) is 1. The second-order valence-corrected chi connectivity index (χ2v) is 8.48. The average Bonchev–Trinajstić information content (AvgIpc) is 3.32. The van der Waals surface area contributed by atoms with E-state index >= 15 is 0 Å². The standard InChI is InChI=1S/C22H22N4O2S/c1-13(2)26-21-17(12-24-26)16(10-18(25-21)20-9-8-14(3)29-20)22(28)23-11-15-6-4-5-7-19(15)27/h4-10,12-13,27H,11H2,1-3H3,(H,23,28). The number of aromatic hydroxyl groups is 1. The van der Waals surface area contributed by atoms with E-state index in [1.807, 2.05) is 49.7 Å². The molecule has 0 aliphatic heterocycles. The maximum atomic E-state index is 13.1. The van der Waals surface area contributed by atoms with Gasteiger partial charge in [0.2, 0.25) is 0 Å². The molecule has 4 aromatic rings. The maximum Gasteiger partial charge on any atom is 0.252 e. The number of phenols is 1. The van der Waals surface area contributed by atoms with Gasteiger partial charge < -0.3 is 10.4 Å². The minimum Gasteiger partial charge on any atom is -0.508 e. The Bertz CT molecular complexity index is 1190. The highest BCUT2D eigenvalue weighted by atomic mass is 32.1. The number of carbonyl (C=O) groups is 1. The summed E-state index contributed by atoms with van der Waals surface area (Å²) in [6, 6.07) is 13.0. The van der Waals surface area contributed by atoms with E-state index < -0.39 is 0 Å². The molecule has 29 heavy (non-hydrogen) atoms. The van der Waals surface area contributed by atoms with Crippen LogP contribution in [0.2, 0.25) is 0 Å². The molecule has 6 nitrogen and oxygen atoms in total. The van der Waals surface area contributed by atoms with Crippen molar-refractivity contribution >= 4 is 28.3 Å². The number of thiophene rings is 1.